The van der Waals surface area contributed by atoms with Crippen molar-refractivity contribution in [2.45, 2.75) is 0 Å². The van der Waals surface area contributed by atoms with E-state index < -0.39 is 0 Å². The van der Waals surface area contributed by atoms with Crippen molar-refractivity contribution in [1.29, 1.82) is 0 Å². The number of ether oxygens (including phenoxy) is 1. The van der Waals surface area contributed by atoms with E-state index in [1.165, 1.54) is 12.5 Å². The summed E-state index contributed by atoms with van der Waals surface area (Å²) in [5, 5.41) is 0.375. The lowest BCUT2D eigenvalue weighted by atomic mass is 10.2. The van der Waals surface area contributed by atoms with Gasteiger partial charge < -0.3 is 9.72 Å². The van der Waals surface area contributed by atoms with E-state index in [1.807, 2.05) is 24.3 Å². The van der Waals surface area contributed by atoms with E-state index in [9.17, 15) is 4.79 Å². The minimum absolute atomic E-state index is 0.244. The fraction of sp³-hybridized carbons (Fsp3) is 0.0769. The average Bonchev–Trinajstić information content (AvgIpc) is 2.47. The van der Waals surface area contributed by atoms with Crippen molar-refractivity contribution in [3.63, 3.8) is 0 Å². The van der Waals surface area contributed by atoms with Gasteiger partial charge in [0, 0.05) is 11.8 Å². The third-order valence-electron chi connectivity index (χ3n) is 2.74. The van der Waals surface area contributed by atoms with Gasteiger partial charge in [0.05, 0.1) is 13.4 Å². The van der Waals surface area contributed by atoms with Gasteiger partial charge in [-0.2, -0.15) is 0 Å². The second-order valence-corrected chi connectivity index (χ2v) is 3.89. The maximum absolute atomic E-state index is 11.5. The van der Waals surface area contributed by atoms with Gasteiger partial charge in [-0.05, 0) is 24.3 Å². The van der Waals surface area contributed by atoms with Crippen LogP contribution in [0.3, 0.4) is 0 Å². The minimum Gasteiger partial charge on any atom is -0.497 e. The summed E-state index contributed by atoms with van der Waals surface area (Å²) >= 11 is 0. The number of hydrogen-bond acceptors (Lipinski definition) is 5. The Labute approximate surface area is 108 Å². The molecule has 0 saturated carbocycles. The highest BCUT2D eigenvalue weighted by Crippen LogP contribution is 2.19. The summed E-state index contributed by atoms with van der Waals surface area (Å²) in [5.41, 5.74) is 0.973. The lowest BCUT2D eigenvalue weighted by Gasteiger charge is -2.03. The number of methoxy groups -OCH3 is 1. The van der Waals surface area contributed by atoms with E-state index in [-0.39, 0.29) is 5.56 Å². The molecule has 0 aliphatic rings. The number of hydrogen-bond donors (Lipinski definition) is 1. The molecule has 6 nitrogen and oxygen atoms in total. The Bertz CT molecular complexity index is 781. The van der Waals surface area contributed by atoms with E-state index >= 15 is 0 Å². The van der Waals surface area contributed by atoms with Crippen LogP contribution in [0.5, 0.6) is 5.75 Å². The van der Waals surface area contributed by atoms with Gasteiger partial charge in [-0.25, -0.2) is 15.0 Å². The Balaban J connectivity index is 2.12. The molecule has 2 heterocycles. The Morgan fingerprint density at radius 1 is 1.16 bits per heavy atom. The molecular formula is C13H10N4O2. The Kier molecular flexibility index (Phi) is 2.68. The van der Waals surface area contributed by atoms with Gasteiger partial charge in [-0.3, -0.25) is 4.79 Å². The van der Waals surface area contributed by atoms with E-state index in [0.717, 1.165) is 11.3 Å². The van der Waals surface area contributed by atoms with Crippen LogP contribution in [0.2, 0.25) is 0 Å². The third-order valence-corrected chi connectivity index (χ3v) is 2.74. The average molecular weight is 254 g/mol. The second-order valence-electron chi connectivity index (χ2n) is 3.89. The van der Waals surface area contributed by atoms with Crippen molar-refractivity contribution >= 4 is 11.0 Å². The van der Waals surface area contributed by atoms with Crippen LogP contribution in [-0.4, -0.2) is 27.0 Å². The molecule has 0 bridgehead atoms. The first-order valence-electron chi connectivity index (χ1n) is 5.63. The first kappa shape index (κ1) is 11.3. The summed E-state index contributed by atoms with van der Waals surface area (Å²) in [4.78, 5) is 26.5. The zero-order valence-electron chi connectivity index (χ0n) is 10.1. The van der Waals surface area contributed by atoms with Crippen LogP contribution in [0.15, 0.2) is 41.6 Å². The molecule has 1 aromatic carbocycles. The molecule has 0 fully saturated rings. The minimum atomic E-state index is -0.244. The van der Waals surface area contributed by atoms with Crippen molar-refractivity contribution in [3.05, 3.63) is 47.1 Å². The third kappa shape index (κ3) is 2.03. The zero-order valence-corrected chi connectivity index (χ0v) is 10.1. The molecule has 0 aliphatic heterocycles. The zero-order chi connectivity index (χ0) is 13.2. The molecule has 0 saturated heterocycles. The Morgan fingerprint density at radius 2 is 1.95 bits per heavy atom. The summed E-state index contributed by atoms with van der Waals surface area (Å²) in [6.07, 6.45) is 2.81. The molecule has 3 rings (SSSR count). The van der Waals surface area contributed by atoms with Crippen LogP contribution < -0.4 is 10.3 Å². The molecule has 3 aromatic rings. The van der Waals surface area contributed by atoms with Gasteiger partial charge in [-0.15, -0.1) is 0 Å². The van der Waals surface area contributed by atoms with E-state index in [4.69, 9.17) is 4.74 Å². The largest absolute Gasteiger partial charge is 0.497 e. The molecule has 6 heteroatoms. The number of rotatable bonds is 2. The van der Waals surface area contributed by atoms with Crippen LogP contribution in [0, 0.1) is 0 Å². The van der Waals surface area contributed by atoms with Gasteiger partial charge >= 0.3 is 0 Å². The monoisotopic (exact) mass is 254 g/mol. The number of fused-ring (bicyclic) bond motifs is 1. The molecule has 0 amide bonds. The standard InChI is InChI=1S/C13H10N4O2/c1-19-9-4-2-8(3-5-9)11-14-6-10-12(17-11)15-7-16-13(10)18/h2-7H,1H3,(H,14,15,16,17,18). The number of benzene rings is 1. The van der Waals surface area contributed by atoms with Crippen molar-refractivity contribution in [2.24, 2.45) is 0 Å². The normalized spacial score (nSPS) is 10.6. The smallest absolute Gasteiger partial charge is 0.261 e. The topological polar surface area (TPSA) is 80.8 Å². The molecule has 0 aliphatic carbocycles. The van der Waals surface area contributed by atoms with E-state index in [2.05, 4.69) is 19.9 Å². The lowest BCUT2D eigenvalue weighted by molar-refractivity contribution is 0.415. The maximum Gasteiger partial charge on any atom is 0.261 e. The fourth-order valence-corrected chi connectivity index (χ4v) is 1.74. The number of H-pyrrole nitrogens is 1. The summed E-state index contributed by atoms with van der Waals surface area (Å²) in [7, 11) is 1.61. The highest BCUT2D eigenvalue weighted by atomic mass is 16.5. The highest BCUT2D eigenvalue weighted by molar-refractivity contribution is 5.74. The molecule has 0 atom stereocenters. The summed E-state index contributed by atoms with van der Waals surface area (Å²) in [6.45, 7) is 0. The summed E-state index contributed by atoms with van der Waals surface area (Å²) < 4.78 is 5.09. The van der Waals surface area contributed by atoms with Gasteiger partial charge in [0.2, 0.25) is 0 Å². The number of nitrogens with one attached hydrogen (secondary N) is 1. The number of aromatic nitrogens is 4. The van der Waals surface area contributed by atoms with Crippen LogP contribution in [0.4, 0.5) is 0 Å². The molecule has 1 N–H and O–H groups in total. The Morgan fingerprint density at radius 3 is 2.68 bits per heavy atom. The van der Waals surface area contributed by atoms with Crippen LogP contribution >= 0.6 is 0 Å². The van der Waals surface area contributed by atoms with Gasteiger partial charge in [0.15, 0.2) is 11.5 Å². The van der Waals surface area contributed by atoms with Gasteiger partial charge in [-0.1, -0.05) is 0 Å². The molecular weight excluding hydrogens is 244 g/mol. The molecule has 19 heavy (non-hydrogen) atoms. The lowest BCUT2D eigenvalue weighted by Crippen LogP contribution is -2.08. The fourth-order valence-electron chi connectivity index (χ4n) is 1.74. The van der Waals surface area contributed by atoms with Gasteiger partial charge in [0.25, 0.3) is 5.56 Å². The number of nitrogens with zero attached hydrogens (tertiary/aromatic N) is 3. The molecule has 94 valence electrons. The van der Waals surface area contributed by atoms with E-state index in [1.54, 1.807) is 7.11 Å². The molecule has 2 aromatic heterocycles. The van der Waals surface area contributed by atoms with E-state index in [0.29, 0.717) is 16.9 Å². The predicted molar refractivity (Wildman–Crippen MR) is 69.9 cm³/mol. The molecule has 0 spiro atoms. The second kappa shape index (κ2) is 4.49. The molecule has 0 unspecified atom stereocenters. The SMILES string of the molecule is COc1ccc(-c2ncc3c(=O)[nH]cnc3n2)cc1. The van der Waals surface area contributed by atoms with Crippen molar-refractivity contribution in [2.75, 3.05) is 7.11 Å². The van der Waals surface area contributed by atoms with Crippen molar-refractivity contribution < 1.29 is 4.74 Å². The predicted octanol–water partition coefficient (Wildman–Crippen LogP) is 1.39. The summed E-state index contributed by atoms with van der Waals surface area (Å²) in [6, 6.07) is 7.36. The first-order chi connectivity index (χ1) is 9.28. The maximum atomic E-state index is 11.5. The Hall–Kier alpha value is -2.76. The summed E-state index contributed by atoms with van der Waals surface area (Å²) in [5.74, 6) is 1.28. The molecule has 0 radical (unpaired) electrons. The van der Waals surface area contributed by atoms with Crippen molar-refractivity contribution in [3.8, 4) is 17.1 Å². The highest BCUT2D eigenvalue weighted by Gasteiger charge is 2.06. The van der Waals surface area contributed by atoms with Crippen LogP contribution in [0.25, 0.3) is 22.4 Å². The van der Waals surface area contributed by atoms with Crippen molar-refractivity contribution in [1.82, 2.24) is 19.9 Å². The number of aromatic amines is 1. The van der Waals surface area contributed by atoms with Crippen LogP contribution in [-0.2, 0) is 0 Å². The van der Waals surface area contributed by atoms with Gasteiger partial charge in [0.1, 0.15) is 11.1 Å². The first-order valence-corrected chi connectivity index (χ1v) is 5.63. The quantitative estimate of drug-likeness (QED) is 0.747. The van der Waals surface area contributed by atoms with Crippen LogP contribution in [0.1, 0.15) is 0 Å².